The molecule has 0 bridgehead atoms. The second-order valence-electron chi connectivity index (χ2n) is 4.05. The Bertz CT molecular complexity index is 512. The van der Waals surface area contributed by atoms with Crippen molar-refractivity contribution in [3.63, 3.8) is 0 Å². The Balaban J connectivity index is 2.28. The van der Waals surface area contributed by atoms with Crippen molar-refractivity contribution in [1.29, 1.82) is 0 Å². The number of nitrogens with two attached hydrogens (primary N) is 1. The minimum absolute atomic E-state index is 0.708. The minimum atomic E-state index is 0.708. The molecule has 3 heteroatoms. The van der Waals surface area contributed by atoms with E-state index in [0.717, 1.165) is 23.8 Å². The summed E-state index contributed by atoms with van der Waals surface area (Å²) in [4.78, 5) is 4.51. The molecule has 0 aliphatic rings. The summed E-state index contributed by atoms with van der Waals surface area (Å²) in [5.41, 5.74) is 8.26. The second-order valence-corrected chi connectivity index (χ2v) is 4.05. The molecular weight excluding hydrogens is 210 g/mol. The van der Waals surface area contributed by atoms with Gasteiger partial charge in [-0.3, -0.25) is 0 Å². The van der Waals surface area contributed by atoms with Crippen LogP contribution in [0.2, 0.25) is 0 Å². The maximum atomic E-state index is 6.09. The van der Waals surface area contributed by atoms with E-state index in [1.54, 1.807) is 0 Å². The Kier molecular flexibility index (Phi) is 3.28. The highest BCUT2D eigenvalue weighted by Gasteiger charge is 2.10. The first-order valence-electron chi connectivity index (χ1n) is 5.68. The molecule has 3 nitrogen and oxygen atoms in total. The van der Waals surface area contributed by atoms with Crippen molar-refractivity contribution in [2.75, 3.05) is 5.73 Å². The summed E-state index contributed by atoms with van der Waals surface area (Å²) < 4.78 is 1.98. The normalized spacial score (nSPS) is 10.4. The van der Waals surface area contributed by atoms with Gasteiger partial charge in [0.2, 0.25) is 0 Å². The number of imidazole rings is 1. The third-order valence-corrected chi connectivity index (χ3v) is 2.80. The van der Waals surface area contributed by atoms with Gasteiger partial charge in [-0.05, 0) is 12.5 Å². The number of aromatic nitrogens is 2. The smallest absolute Gasteiger partial charge is 0.127 e. The van der Waals surface area contributed by atoms with E-state index in [9.17, 15) is 0 Å². The highest BCUT2D eigenvalue weighted by atomic mass is 15.1. The van der Waals surface area contributed by atoms with Crippen LogP contribution in [0.25, 0.3) is 0 Å². The second kappa shape index (κ2) is 4.87. The first kappa shape index (κ1) is 11.5. The van der Waals surface area contributed by atoms with Crippen LogP contribution in [0.4, 0.5) is 5.82 Å². The highest BCUT2D eigenvalue weighted by molar-refractivity contribution is 5.41. The summed E-state index contributed by atoms with van der Waals surface area (Å²) >= 11 is 0. The first-order valence-corrected chi connectivity index (χ1v) is 5.68. The van der Waals surface area contributed by atoms with E-state index in [1.165, 1.54) is 5.56 Å². The molecule has 0 fully saturated rings. The molecule has 0 aliphatic carbocycles. The molecule has 0 atom stereocenters. The molecule has 0 unspecified atom stereocenters. The summed E-state index contributed by atoms with van der Waals surface area (Å²) in [7, 11) is 0. The molecule has 2 N–H and O–H groups in total. The Morgan fingerprint density at radius 2 is 2.06 bits per heavy atom. The van der Waals surface area contributed by atoms with E-state index in [1.807, 2.05) is 35.8 Å². The van der Waals surface area contributed by atoms with Crippen molar-refractivity contribution in [3.8, 4) is 0 Å². The average molecular weight is 227 g/mol. The van der Waals surface area contributed by atoms with Crippen molar-refractivity contribution in [2.45, 2.75) is 19.9 Å². The van der Waals surface area contributed by atoms with Crippen molar-refractivity contribution in [1.82, 2.24) is 9.55 Å². The number of allylic oxidation sites excluding steroid dienone is 1. The third-order valence-electron chi connectivity index (χ3n) is 2.80. The number of benzene rings is 1. The van der Waals surface area contributed by atoms with Gasteiger partial charge in [0.1, 0.15) is 11.6 Å². The van der Waals surface area contributed by atoms with Crippen LogP contribution in [0.5, 0.6) is 0 Å². The Labute approximate surface area is 102 Å². The molecule has 0 amide bonds. The average Bonchev–Trinajstić information content (AvgIpc) is 2.59. The summed E-state index contributed by atoms with van der Waals surface area (Å²) in [6.07, 6.45) is 2.61. The van der Waals surface area contributed by atoms with Gasteiger partial charge < -0.3 is 10.3 Å². The van der Waals surface area contributed by atoms with Crippen LogP contribution in [0.15, 0.2) is 43.0 Å². The number of hydrogen-bond donors (Lipinski definition) is 1. The molecule has 0 saturated carbocycles. The summed E-state index contributed by atoms with van der Waals surface area (Å²) in [5.74, 6) is 1.68. The predicted octanol–water partition coefficient (Wildman–Crippen LogP) is 2.55. The maximum absolute atomic E-state index is 6.09. The van der Waals surface area contributed by atoms with Gasteiger partial charge in [-0.1, -0.05) is 36.4 Å². The lowest BCUT2D eigenvalue weighted by Crippen LogP contribution is -2.04. The van der Waals surface area contributed by atoms with Gasteiger partial charge in [0, 0.05) is 13.0 Å². The summed E-state index contributed by atoms with van der Waals surface area (Å²) in [5, 5.41) is 0. The van der Waals surface area contributed by atoms with Gasteiger partial charge >= 0.3 is 0 Å². The molecule has 88 valence electrons. The van der Waals surface area contributed by atoms with Crippen LogP contribution in [-0.4, -0.2) is 9.55 Å². The molecular formula is C14H17N3. The van der Waals surface area contributed by atoms with Gasteiger partial charge in [0.15, 0.2) is 0 Å². The topological polar surface area (TPSA) is 43.8 Å². The molecule has 17 heavy (non-hydrogen) atoms. The van der Waals surface area contributed by atoms with Crippen LogP contribution in [0, 0.1) is 6.92 Å². The maximum Gasteiger partial charge on any atom is 0.127 e. The van der Waals surface area contributed by atoms with E-state index < -0.39 is 0 Å². The highest BCUT2D eigenvalue weighted by Crippen LogP contribution is 2.17. The Morgan fingerprint density at radius 1 is 1.35 bits per heavy atom. The van der Waals surface area contributed by atoms with Crippen LogP contribution < -0.4 is 5.73 Å². The Morgan fingerprint density at radius 3 is 2.71 bits per heavy atom. The van der Waals surface area contributed by atoms with Crippen molar-refractivity contribution in [3.05, 3.63) is 60.1 Å². The van der Waals surface area contributed by atoms with E-state index in [2.05, 4.69) is 23.7 Å². The number of nitrogen functional groups attached to an aromatic ring is 1. The number of nitrogens with zero attached hydrogens (tertiary/aromatic N) is 2. The quantitative estimate of drug-likeness (QED) is 0.816. The van der Waals surface area contributed by atoms with Gasteiger partial charge in [-0.15, -0.1) is 6.58 Å². The number of rotatable bonds is 4. The fourth-order valence-electron chi connectivity index (χ4n) is 1.92. The lowest BCUT2D eigenvalue weighted by atomic mass is 10.1. The molecule has 0 saturated heterocycles. The van der Waals surface area contributed by atoms with E-state index in [-0.39, 0.29) is 0 Å². The molecule has 2 rings (SSSR count). The van der Waals surface area contributed by atoms with Gasteiger partial charge in [0.25, 0.3) is 0 Å². The van der Waals surface area contributed by atoms with E-state index >= 15 is 0 Å². The number of anilines is 1. The zero-order valence-electron chi connectivity index (χ0n) is 10.1. The van der Waals surface area contributed by atoms with Gasteiger partial charge in [0.05, 0.1) is 5.69 Å². The monoisotopic (exact) mass is 227 g/mol. The van der Waals surface area contributed by atoms with Crippen LogP contribution in [0.1, 0.15) is 17.1 Å². The molecule has 1 heterocycles. The van der Waals surface area contributed by atoms with E-state index in [4.69, 9.17) is 5.73 Å². The molecule has 0 radical (unpaired) electrons. The largest absolute Gasteiger partial charge is 0.384 e. The lowest BCUT2D eigenvalue weighted by molar-refractivity contribution is 0.792. The molecule has 0 aliphatic heterocycles. The number of aryl methyl sites for hydroxylation is 1. The van der Waals surface area contributed by atoms with E-state index in [0.29, 0.717) is 6.54 Å². The molecule has 1 aromatic heterocycles. The molecule has 0 spiro atoms. The van der Waals surface area contributed by atoms with Crippen molar-refractivity contribution < 1.29 is 0 Å². The minimum Gasteiger partial charge on any atom is -0.384 e. The van der Waals surface area contributed by atoms with Gasteiger partial charge in [-0.2, -0.15) is 0 Å². The van der Waals surface area contributed by atoms with Crippen LogP contribution >= 0.6 is 0 Å². The summed E-state index contributed by atoms with van der Waals surface area (Å²) in [6, 6.07) is 10.2. The zero-order valence-corrected chi connectivity index (χ0v) is 10.1. The fourth-order valence-corrected chi connectivity index (χ4v) is 1.92. The number of hydrogen-bond acceptors (Lipinski definition) is 2. The standard InChI is InChI=1S/C14H17N3/c1-3-9-17-11(2)16-13(14(17)15)10-12-7-5-4-6-8-12/h3-8H,1,9-10,15H2,2H3. The van der Waals surface area contributed by atoms with Crippen molar-refractivity contribution in [2.24, 2.45) is 0 Å². The van der Waals surface area contributed by atoms with Gasteiger partial charge in [-0.25, -0.2) is 4.98 Å². The summed E-state index contributed by atoms with van der Waals surface area (Å²) in [6.45, 7) is 6.40. The van der Waals surface area contributed by atoms with Crippen molar-refractivity contribution >= 4 is 5.82 Å². The first-order chi connectivity index (χ1) is 8.22. The molecule has 2 aromatic rings. The predicted molar refractivity (Wildman–Crippen MR) is 70.8 cm³/mol. The van der Waals surface area contributed by atoms with Crippen LogP contribution in [0.3, 0.4) is 0 Å². The van der Waals surface area contributed by atoms with Crippen LogP contribution in [-0.2, 0) is 13.0 Å². The zero-order chi connectivity index (χ0) is 12.3. The lowest BCUT2D eigenvalue weighted by Gasteiger charge is -2.04. The molecule has 1 aromatic carbocycles. The Hall–Kier alpha value is -2.03. The third kappa shape index (κ3) is 2.38. The SMILES string of the molecule is C=CCn1c(C)nc(Cc2ccccc2)c1N. The fraction of sp³-hybridized carbons (Fsp3) is 0.214.